The van der Waals surface area contributed by atoms with E-state index in [1.54, 1.807) is 12.3 Å². The first-order valence-electron chi connectivity index (χ1n) is 10.6. The van der Waals surface area contributed by atoms with E-state index in [4.69, 9.17) is 13.9 Å². The lowest BCUT2D eigenvalue weighted by atomic mass is 10.2. The summed E-state index contributed by atoms with van der Waals surface area (Å²) in [6.07, 6.45) is 1.54. The molecule has 0 fully saturated rings. The third-order valence-corrected chi connectivity index (χ3v) is 5.97. The highest BCUT2D eigenvalue weighted by atomic mass is 79.9. The third kappa shape index (κ3) is 5.87. The van der Waals surface area contributed by atoms with Crippen LogP contribution in [0.3, 0.4) is 0 Å². The van der Waals surface area contributed by atoms with E-state index in [0.717, 1.165) is 25.5 Å². The molecular weight excluding hydrogens is 564 g/mol. The molecule has 0 radical (unpaired) electrons. The van der Waals surface area contributed by atoms with Crippen LogP contribution in [-0.4, -0.2) is 18.7 Å². The molecule has 0 spiro atoms. The highest BCUT2D eigenvalue weighted by molar-refractivity contribution is 9.11. The fourth-order valence-electron chi connectivity index (χ4n) is 3.25. The van der Waals surface area contributed by atoms with Gasteiger partial charge in [-0.25, -0.2) is 5.43 Å². The molecule has 174 valence electrons. The fourth-order valence-corrected chi connectivity index (χ4v) is 4.59. The minimum Gasteiger partial charge on any atom is -0.490 e. The summed E-state index contributed by atoms with van der Waals surface area (Å²) in [5, 5.41) is 4.86. The van der Waals surface area contributed by atoms with Crippen LogP contribution < -0.4 is 14.9 Å². The molecule has 0 atom stereocenters. The minimum atomic E-state index is -0.446. The maximum atomic E-state index is 12.5. The van der Waals surface area contributed by atoms with E-state index >= 15 is 0 Å². The lowest BCUT2D eigenvalue weighted by Gasteiger charge is -2.12. The Kier molecular flexibility index (Phi) is 7.70. The second-order valence-corrected chi connectivity index (χ2v) is 9.30. The van der Waals surface area contributed by atoms with Gasteiger partial charge in [0.25, 0.3) is 0 Å². The number of ether oxygens (including phenoxy) is 2. The van der Waals surface area contributed by atoms with Gasteiger partial charge in [0, 0.05) is 9.86 Å². The maximum absolute atomic E-state index is 12.5. The molecule has 1 N–H and O–H groups in total. The van der Waals surface area contributed by atoms with Crippen LogP contribution in [0.25, 0.3) is 11.0 Å². The molecule has 0 saturated heterocycles. The van der Waals surface area contributed by atoms with Gasteiger partial charge >= 0.3 is 5.91 Å². The van der Waals surface area contributed by atoms with E-state index in [-0.39, 0.29) is 5.76 Å². The van der Waals surface area contributed by atoms with E-state index < -0.39 is 5.91 Å². The summed E-state index contributed by atoms with van der Waals surface area (Å²) in [5.41, 5.74) is 6.13. The van der Waals surface area contributed by atoms with Crippen LogP contribution in [0.5, 0.6) is 11.5 Å². The van der Waals surface area contributed by atoms with Crippen molar-refractivity contribution in [2.75, 3.05) is 6.61 Å². The van der Waals surface area contributed by atoms with Gasteiger partial charge in [0.2, 0.25) is 0 Å². The number of nitrogens with one attached hydrogen (secondary N) is 1. The highest BCUT2D eigenvalue weighted by Crippen LogP contribution is 2.31. The maximum Gasteiger partial charge on any atom is 0.307 e. The number of carbonyl (C=O) groups excluding carboxylic acids is 1. The second-order valence-electron chi connectivity index (χ2n) is 7.53. The van der Waals surface area contributed by atoms with Crippen LogP contribution in [0.2, 0.25) is 0 Å². The van der Waals surface area contributed by atoms with Crippen LogP contribution in [0, 0.1) is 6.92 Å². The zero-order valence-electron chi connectivity index (χ0n) is 18.6. The van der Waals surface area contributed by atoms with Gasteiger partial charge in [0.05, 0.1) is 17.3 Å². The Balaban J connectivity index is 1.43. The van der Waals surface area contributed by atoms with Crippen LogP contribution >= 0.6 is 31.9 Å². The molecule has 0 unspecified atom stereocenters. The zero-order chi connectivity index (χ0) is 24.1. The van der Waals surface area contributed by atoms with Gasteiger partial charge in [0.15, 0.2) is 17.3 Å². The average Bonchev–Trinajstić information content (AvgIpc) is 3.24. The number of hydrogen-bond donors (Lipinski definition) is 1. The number of furan rings is 1. The second kappa shape index (κ2) is 10.9. The van der Waals surface area contributed by atoms with E-state index in [9.17, 15) is 4.79 Å². The quantitative estimate of drug-likeness (QED) is 0.178. The van der Waals surface area contributed by atoms with Gasteiger partial charge in [-0.2, -0.15) is 5.10 Å². The van der Waals surface area contributed by atoms with Gasteiger partial charge < -0.3 is 13.9 Å². The molecule has 0 aliphatic heterocycles. The van der Waals surface area contributed by atoms with Gasteiger partial charge in [-0.15, -0.1) is 0 Å². The molecule has 34 heavy (non-hydrogen) atoms. The first kappa shape index (κ1) is 24.0. The summed E-state index contributed by atoms with van der Waals surface area (Å²) in [4.78, 5) is 12.5. The molecule has 1 aromatic heterocycles. The Morgan fingerprint density at radius 1 is 1.03 bits per heavy atom. The molecule has 1 amide bonds. The van der Waals surface area contributed by atoms with Crippen molar-refractivity contribution in [3.8, 4) is 11.5 Å². The van der Waals surface area contributed by atoms with Crippen LogP contribution in [-0.2, 0) is 6.61 Å². The molecule has 0 aliphatic rings. The summed E-state index contributed by atoms with van der Waals surface area (Å²) in [6.45, 7) is 4.90. The lowest BCUT2D eigenvalue weighted by molar-refractivity contribution is 0.0929. The number of hydrogen-bond acceptors (Lipinski definition) is 5. The van der Waals surface area contributed by atoms with Gasteiger partial charge in [0.1, 0.15) is 12.2 Å². The largest absolute Gasteiger partial charge is 0.490 e. The van der Waals surface area contributed by atoms with Crippen molar-refractivity contribution in [2.45, 2.75) is 20.5 Å². The van der Waals surface area contributed by atoms with Crippen LogP contribution in [0.15, 0.2) is 79.1 Å². The summed E-state index contributed by atoms with van der Waals surface area (Å²) in [7, 11) is 0. The predicted octanol–water partition coefficient (Wildman–Crippen LogP) is 7.01. The third-order valence-electron chi connectivity index (χ3n) is 4.92. The van der Waals surface area contributed by atoms with Crippen molar-refractivity contribution in [2.24, 2.45) is 5.10 Å². The monoisotopic (exact) mass is 584 g/mol. The Labute approximate surface area is 214 Å². The van der Waals surface area contributed by atoms with Crippen molar-refractivity contribution in [1.29, 1.82) is 0 Å². The van der Waals surface area contributed by atoms with Gasteiger partial charge in [-0.05, 0) is 77.3 Å². The summed E-state index contributed by atoms with van der Waals surface area (Å²) in [5.74, 6) is 0.972. The Hall–Kier alpha value is -3.10. The number of amides is 1. The van der Waals surface area contributed by atoms with Crippen molar-refractivity contribution in [3.63, 3.8) is 0 Å². The molecule has 4 aromatic rings. The lowest BCUT2D eigenvalue weighted by Crippen LogP contribution is -2.16. The molecule has 0 bridgehead atoms. The van der Waals surface area contributed by atoms with Crippen molar-refractivity contribution < 1.29 is 18.7 Å². The Morgan fingerprint density at radius 3 is 2.59 bits per heavy atom. The van der Waals surface area contributed by atoms with Gasteiger partial charge in [-0.1, -0.05) is 45.8 Å². The number of aryl methyl sites for hydroxylation is 1. The van der Waals surface area contributed by atoms with Gasteiger partial charge in [-0.3, -0.25) is 4.79 Å². The van der Waals surface area contributed by atoms with E-state index in [0.29, 0.717) is 30.3 Å². The summed E-state index contributed by atoms with van der Waals surface area (Å²) in [6, 6.07) is 19.1. The summed E-state index contributed by atoms with van der Waals surface area (Å²) < 4.78 is 19.0. The normalized spacial score (nSPS) is 11.2. The fraction of sp³-hybridized carbons (Fsp3) is 0.154. The van der Waals surface area contributed by atoms with E-state index in [1.165, 1.54) is 5.56 Å². The molecule has 3 aromatic carbocycles. The smallest absolute Gasteiger partial charge is 0.307 e. The first-order chi connectivity index (χ1) is 16.4. The van der Waals surface area contributed by atoms with Crippen molar-refractivity contribution in [1.82, 2.24) is 5.43 Å². The van der Waals surface area contributed by atoms with Crippen molar-refractivity contribution >= 4 is 55.0 Å². The number of fused-ring (bicyclic) bond motifs is 1. The molecule has 4 rings (SSSR count). The highest BCUT2D eigenvalue weighted by Gasteiger charge is 2.14. The number of carbonyl (C=O) groups is 1. The number of nitrogens with zero attached hydrogens (tertiary/aromatic N) is 1. The van der Waals surface area contributed by atoms with E-state index in [2.05, 4.69) is 61.4 Å². The number of halogens is 2. The molecule has 8 heteroatoms. The van der Waals surface area contributed by atoms with E-state index in [1.807, 2.05) is 49.4 Å². The Bertz CT molecular complexity index is 1350. The van der Waals surface area contributed by atoms with Crippen LogP contribution in [0.4, 0.5) is 0 Å². The van der Waals surface area contributed by atoms with Crippen molar-refractivity contribution in [3.05, 3.63) is 92.1 Å². The standard InChI is InChI=1S/C26H22Br2N2O4/c1-3-32-23-10-18(8-9-22(23)33-15-17-6-4-16(2)5-7-17)14-29-30-26(31)24-12-19-11-20(27)13-21(28)25(19)34-24/h4-14H,3,15H2,1-2H3,(H,30,31)/b29-14-. The number of hydrazone groups is 1. The molecule has 0 aliphatic carbocycles. The first-order valence-corrected chi connectivity index (χ1v) is 12.2. The molecule has 1 heterocycles. The minimum absolute atomic E-state index is 0.167. The Morgan fingerprint density at radius 2 is 1.82 bits per heavy atom. The SMILES string of the molecule is CCOc1cc(/C=N\NC(=O)c2cc3cc(Br)cc(Br)c3o2)ccc1OCc1ccc(C)cc1. The summed E-state index contributed by atoms with van der Waals surface area (Å²) >= 11 is 6.87. The molecule has 6 nitrogen and oxygen atoms in total. The average molecular weight is 586 g/mol. The number of rotatable bonds is 8. The topological polar surface area (TPSA) is 73.1 Å². The number of benzene rings is 3. The predicted molar refractivity (Wildman–Crippen MR) is 140 cm³/mol. The van der Waals surface area contributed by atoms with Crippen LogP contribution in [0.1, 0.15) is 34.2 Å². The molecule has 0 saturated carbocycles. The molecular formula is C26H22Br2N2O4. The zero-order valence-corrected chi connectivity index (χ0v) is 21.8.